The fourth-order valence-corrected chi connectivity index (χ4v) is 3.03. The molecule has 170 valence electrons. The van der Waals surface area contributed by atoms with Crippen LogP contribution >= 0.6 is 0 Å². The molecule has 1 heterocycles. The van der Waals surface area contributed by atoms with Crippen LogP contribution in [0.15, 0.2) is 0 Å². The van der Waals surface area contributed by atoms with Gasteiger partial charge in [0.15, 0.2) is 6.04 Å². The Kier molecular flexibility index (Phi) is 9.14. The van der Waals surface area contributed by atoms with Gasteiger partial charge in [0.2, 0.25) is 23.6 Å². The zero-order valence-corrected chi connectivity index (χ0v) is 16.8. The lowest BCUT2D eigenvalue weighted by molar-refractivity contribution is -0.147. The number of carbonyl (C=O) groups is 5. The number of hydrogen-bond donors (Lipinski definition) is 7. The Labute approximate surface area is 172 Å². The second-order valence-electron chi connectivity index (χ2n) is 7.25. The van der Waals surface area contributed by atoms with Crippen LogP contribution < -0.4 is 22.1 Å². The monoisotopic (exact) mass is 431 g/mol. The van der Waals surface area contributed by atoms with Crippen LogP contribution in [-0.4, -0.2) is 92.7 Å². The molecule has 6 unspecified atom stereocenters. The highest BCUT2D eigenvalue weighted by atomic mass is 16.4. The van der Waals surface area contributed by atoms with Crippen molar-refractivity contribution in [3.8, 4) is 0 Å². The summed E-state index contributed by atoms with van der Waals surface area (Å²) in [5.41, 5.74) is 10.7. The molecule has 1 aliphatic rings. The van der Waals surface area contributed by atoms with Gasteiger partial charge in [-0.25, -0.2) is 4.79 Å². The molecule has 6 atom stereocenters. The maximum atomic E-state index is 12.9. The van der Waals surface area contributed by atoms with Crippen LogP contribution in [0.5, 0.6) is 0 Å². The number of nitrogens with zero attached hydrogens (tertiary/aromatic N) is 1. The number of nitrogens with one attached hydrogen (secondary N) is 2. The van der Waals surface area contributed by atoms with E-state index in [9.17, 15) is 34.2 Å². The molecule has 0 radical (unpaired) electrons. The number of amides is 4. The van der Waals surface area contributed by atoms with Crippen LogP contribution in [0.1, 0.15) is 33.1 Å². The highest BCUT2D eigenvalue weighted by Gasteiger charge is 2.40. The molecule has 4 amide bonds. The van der Waals surface area contributed by atoms with E-state index in [4.69, 9.17) is 16.6 Å². The number of rotatable bonds is 10. The van der Waals surface area contributed by atoms with Gasteiger partial charge in [-0.15, -0.1) is 0 Å². The highest BCUT2D eigenvalue weighted by molar-refractivity contribution is 5.96. The van der Waals surface area contributed by atoms with E-state index in [1.807, 2.05) is 0 Å². The van der Waals surface area contributed by atoms with Crippen molar-refractivity contribution in [3.63, 3.8) is 0 Å². The zero-order valence-electron chi connectivity index (χ0n) is 16.8. The Morgan fingerprint density at radius 1 is 1.10 bits per heavy atom. The number of aliphatic carboxylic acids is 1. The number of aliphatic hydroxyl groups excluding tert-OH is 2. The van der Waals surface area contributed by atoms with Crippen molar-refractivity contribution >= 4 is 29.6 Å². The first-order valence-electron chi connectivity index (χ1n) is 9.40. The first-order valence-corrected chi connectivity index (χ1v) is 9.40. The summed E-state index contributed by atoms with van der Waals surface area (Å²) in [7, 11) is 0. The predicted octanol–water partition coefficient (Wildman–Crippen LogP) is -4.00. The van der Waals surface area contributed by atoms with E-state index in [0.717, 1.165) is 4.90 Å². The third-order valence-electron chi connectivity index (χ3n) is 4.73. The van der Waals surface area contributed by atoms with Crippen LogP contribution in [0.2, 0.25) is 0 Å². The Balaban J connectivity index is 2.99. The van der Waals surface area contributed by atoms with Crippen molar-refractivity contribution in [3.05, 3.63) is 0 Å². The number of nitrogens with two attached hydrogens (primary N) is 2. The van der Waals surface area contributed by atoms with Gasteiger partial charge in [0.25, 0.3) is 0 Å². The van der Waals surface area contributed by atoms with Gasteiger partial charge in [-0.1, -0.05) is 0 Å². The van der Waals surface area contributed by atoms with E-state index >= 15 is 0 Å². The van der Waals surface area contributed by atoms with Crippen LogP contribution in [0.3, 0.4) is 0 Å². The molecule has 1 saturated heterocycles. The zero-order chi connectivity index (χ0) is 23.2. The predicted molar refractivity (Wildman–Crippen MR) is 101 cm³/mol. The largest absolute Gasteiger partial charge is 0.480 e. The smallest absolute Gasteiger partial charge is 0.328 e. The van der Waals surface area contributed by atoms with Crippen LogP contribution in [0.4, 0.5) is 0 Å². The van der Waals surface area contributed by atoms with E-state index in [1.54, 1.807) is 0 Å². The summed E-state index contributed by atoms with van der Waals surface area (Å²) in [5, 5.41) is 32.5. The third-order valence-corrected chi connectivity index (χ3v) is 4.73. The molecule has 0 aromatic carbocycles. The quantitative estimate of drug-likeness (QED) is 0.178. The Hall–Kier alpha value is -2.77. The van der Waals surface area contributed by atoms with Crippen molar-refractivity contribution in [1.82, 2.24) is 15.5 Å². The molecule has 30 heavy (non-hydrogen) atoms. The van der Waals surface area contributed by atoms with E-state index in [-0.39, 0.29) is 13.0 Å². The lowest BCUT2D eigenvalue weighted by Gasteiger charge is -2.30. The second-order valence-corrected chi connectivity index (χ2v) is 7.25. The summed E-state index contributed by atoms with van der Waals surface area (Å²) in [6.45, 7) is 2.59. The standard InChI is InChI=1S/C17H29N5O8/c1-7(23)12(19)15(27)20-9(6-11(18)25)16(28)22-5-3-4-10(22)14(26)21-13(8(2)24)17(29)30/h7-10,12-13,23-24H,3-6,19H2,1-2H3,(H2,18,25)(H,20,27)(H,21,26)(H,29,30). The molecule has 0 bridgehead atoms. The first-order chi connectivity index (χ1) is 13.9. The molecule has 0 spiro atoms. The molecule has 0 saturated carbocycles. The van der Waals surface area contributed by atoms with Crippen LogP contribution in [-0.2, 0) is 24.0 Å². The van der Waals surface area contributed by atoms with Gasteiger partial charge in [-0.3, -0.25) is 19.2 Å². The van der Waals surface area contributed by atoms with Crippen molar-refractivity contribution in [1.29, 1.82) is 0 Å². The lowest BCUT2D eigenvalue weighted by atomic mass is 10.1. The molecular formula is C17H29N5O8. The van der Waals surface area contributed by atoms with Crippen molar-refractivity contribution in [2.45, 2.75) is 69.5 Å². The minimum atomic E-state index is -1.57. The number of primary amides is 1. The summed E-state index contributed by atoms with van der Waals surface area (Å²) in [4.78, 5) is 61.3. The van der Waals surface area contributed by atoms with Crippen molar-refractivity contribution in [2.75, 3.05) is 6.54 Å². The second kappa shape index (κ2) is 10.8. The molecule has 1 fully saturated rings. The van der Waals surface area contributed by atoms with E-state index in [0.29, 0.717) is 6.42 Å². The normalized spacial score (nSPS) is 21.1. The number of aliphatic hydroxyl groups is 2. The maximum Gasteiger partial charge on any atom is 0.328 e. The van der Waals surface area contributed by atoms with E-state index in [1.165, 1.54) is 13.8 Å². The third kappa shape index (κ3) is 6.64. The maximum absolute atomic E-state index is 12.9. The number of carbonyl (C=O) groups excluding carboxylic acids is 4. The van der Waals surface area contributed by atoms with Crippen molar-refractivity contribution in [2.24, 2.45) is 11.5 Å². The molecule has 0 aliphatic carbocycles. The van der Waals surface area contributed by atoms with Gasteiger partial charge in [0, 0.05) is 6.54 Å². The van der Waals surface area contributed by atoms with Gasteiger partial charge in [0.1, 0.15) is 18.1 Å². The minimum Gasteiger partial charge on any atom is -0.480 e. The average molecular weight is 431 g/mol. The number of hydrogen-bond acceptors (Lipinski definition) is 8. The first kappa shape index (κ1) is 25.3. The van der Waals surface area contributed by atoms with Crippen LogP contribution in [0, 0.1) is 0 Å². The summed E-state index contributed by atoms with van der Waals surface area (Å²) < 4.78 is 0. The SMILES string of the molecule is CC(O)C(N)C(=O)NC(CC(N)=O)C(=O)N1CCCC1C(=O)NC(C(=O)O)C(C)O. The highest BCUT2D eigenvalue weighted by Crippen LogP contribution is 2.20. The summed E-state index contributed by atoms with van der Waals surface area (Å²) in [6, 6.07) is -5.40. The topological polar surface area (TPSA) is 225 Å². The fourth-order valence-electron chi connectivity index (χ4n) is 3.03. The fraction of sp³-hybridized carbons (Fsp3) is 0.706. The van der Waals surface area contributed by atoms with Gasteiger partial charge < -0.3 is 42.3 Å². The summed E-state index contributed by atoms with van der Waals surface area (Å²) in [6.07, 6.45) is -2.52. The Morgan fingerprint density at radius 2 is 1.70 bits per heavy atom. The molecule has 1 rings (SSSR count). The van der Waals surface area contributed by atoms with Gasteiger partial charge in [-0.05, 0) is 26.7 Å². The minimum absolute atomic E-state index is 0.122. The van der Waals surface area contributed by atoms with Gasteiger partial charge in [-0.2, -0.15) is 0 Å². The Bertz CT molecular complexity index is 683. The lowest BCUT2D eigenvalue weighted by Crippen LogP contribution is -2.59. The Morgan fingerprint density at radius 3 is 2.17 bits per heavy atom. The molecule has 0 aromatic rings. The number of likely N-dealkylation sites (tertiary alicyclic amines) is 1. The molecule has 13 heteroatoms. The summed E-state index contributed by atoms with van der Waals surface area (Å²) in [5.74, 6) is -4.79. The molecule has 13 nitrogen and oxygen atoms in total. The van der Waals surface area contributed by atoms with E-state index in [2.05, 4.69) is 10.6 Å². The molecule has 1 aliphatic heterocycles. The van der Waals surface area contributed by atoms with E-state index < -0.39 is 72.4 Å². The molecular weight excluding hydrogens is 402 g/mol. The molecule has 0 aromatic heterocycles. The number of carboxylic acid groups (broad SMARTS) is 1. The molecule has 9 N–H and O–H groups in total. The van der Waals surface area contributed by atoms with Crippen LogP contribution in [0.25, 0.3) is 0 Å². The van der Waals surface area contributed by atoms with Gasteiger partial charge in [0.05, 0.1) is 18.6 Å². The average Bonchev–Trinajstić information content (AvgIpc) is 3.12. The summed E-state index contributed by atoms with van der Waals surface area (Å²) >= 11 is 0. The van der Waals surface area contributed by atoms with Gasteiger partial charge >= 0.3 is 5.97 Å². The van der Waals surface area contributed by atoms with Crippen molar-refractivity contribution < 1.29 is 39.3 Å². The number of carboxylic acids is 1.